The van der Waals surface area contributed by atoms with Gasteiger partial charge in [-0.05, 0) is 74.9 Å². The molecular weight excluding hydrogens is 673 g/mol. The Bertz CT molecular complexity index is 1630. The highest BCUT2D eigenvalue weighted by Crippen LogP contribution is 2.73. The number of carbonyl (C=O) groups excluding carboxylic acids is 3. The summed E-state index contributed by atoms with van der Waals surface area (Å²) >= 11 is 0. The van der Waals surface area contributed by atoms with E-state index in [9.17, 15) is 42.9 Å². The molecule has 3 N–H and O–H groups in total. The average Bonchev–Trinajstić information content (AvgIpc) is 3.65. The van der Waals surface area contributed by atoms with Crippen LogP contribution in [0.1, 0.15) is 65.9 Å². The van der Waals surface area contributed by atoms with Crippen LogP contribution in [0.15, 0.2) is 42.5 Å². The third-order valence-electron chi connectivity index (χ3n) is 14.5. The zero-order chi connectivity index (χ0) is 37.3. The van der Waals surface area contributed by atoms with Crippen LogP contribution in [0.5, 0.6) is 0 Å². The minimum absolute atomic E-state index is 0.199. The van der Waals surface area contributed by atoms with Gasteiger partial charge in [0.15, 0.2) is 11.9 Å². The van der Waals surface area contributed by atoms with Crippen molar-refractivity contribution >= 4 is 17.7 Å². The number of ketones is 1. The Hall–Kier alpha value is -2.84. The summed E-state index contributed by atoms with van der Waals surface area (Å²) in [5, 5.41) is 35.3. The van der Waals surface area contributed by atoms with Crippen molar-refractivity contribution in [1.29, 1.82) is 0 Å². The second kappa shape index (κ2) is 11.6. The van der Waals surface area contributed by atoms with Gasteiger partial charge < -0.3 is 34.3 Å². The maximum atomic E-state index is 14.8. The van der Waals surface area contributed by atoms with Crippen molar-refractivity contribution < 1.29 is 61.8 Å². The highest BCUT2D eigenvalue weighted by molar-refractivity contribution is 5.98. The van der Waals surface area contributed by atoms with Gasteiger partial charge in [-0.15, -0.1) is 0 Å². The quantitative estimate of drug-likeness (QED) is 0.278. The van der Waals surface area contributed by atoms with E-state index >= 15 is 0 Å². The van der Waals surface area contributed by atoms with E-state index in [0.717, 1.165) is 19.2 Å². The number of carbonyl (C=O) groups is 3. The number of ether oxygens (including phenoxy) is 4. The highest BCUT2D eigenvalue weighted by atomic mass is 19.4. The first-order valence-electron chi connectivity index (χ1n) is 17.8. The molecule has 7 rings (SSSR count). The lowest BCUT2D eigenvalue weighted by Crippen LogP contribution is -2.65. The van der Waals surface area contributed by atoms with Crippen molar-refractivity contribution in [1.82, 2.24) is 0 Å². The summed E-state index contributed by atoms with van der Waals surface area (Å²) in [6.07, 6.45) is -6.45. The predicted molar refractivity (Wildman–Crippen MR) is 172 cm³/mol. The molecule has 10 nitrogen and oxygen atoms in total. The number of fused-ring (bicyclic) bond motifs is 4. The highest BCUT2D eigenvalue weighted by Gasteiger charge is 2.82. The lowest BCUT2D eigenvalue weighted by molar-refractivity contribution is -0.279. The number of hydrogen-bond acceptors (Lipinski definition) is 10. The summed E-state index contributed by atoms with van der Waals surface area (Å²) in [6, 6.07) is 6.53. The van der Waals surface area contributed by atoms with Crippen molar-refractivity contribution in [3.05, 3.63) is 48.0 Å². The number of epoxide rings is 1. The minimum atomic E-state index is -5.19. The van der Waals surface area contributed by atoms with Crippen molar-refractivity contribution in [2.24, 2.45) is 46.3 Å². The van der Waals surface area contributed by atoms with E-state index in [4.69, 9.17) is 18.9 Å². The molecule has 2 aliphatic heterocycles. The lowest BCUT2D eigenvalue weighted by atomic mass is 9.44. The number of methoxy groups -OCH3 is 1. The van der Waals surface area contributed by atoms with Crippen LogP contribution in [0, 0.1) is 46.3 Å². The Morgan fingerprint density at radius 1 is 1.08 bits per heavy atom. The number of hydrogen-bond donors (Lipinski definition) is 3. The molecule has 0 aromatic heterocycles. The molecule has 6 aliphatic rings. The largest absolute Gasteiger partial charge is 0.459 e. The number of benzene rings is 1. The lowest BCUT2D eigenvalue weighted by Gasteiger charge is -2.59. The Morgan fingerprint density at radius 3 is 2.33 bits per heavy atom. The van der Waals surface area contributed by atoms with Gasteiger partial charge in [-0.2, -0.15) is 13.2 Å². The van der Waals surface area contributed by atoms with Gasteiger partial charge in [0, 0.05) is 24.5 Å². The summed E-state index contributed by atoms with van der Waals surface area (Å²) in [5.41, 5.74) is -9.10. The van der Waals surface area contributed by atoms with E-state index in [1.807, 2.05) is 6.92 Å². The van der Waals surface area contributed by atoms with E-state index in [-0.39, 0.29) is 35.9 Å². The first kappa shape index (κ1) is 36.5. The molecule has 5 fully saturated rings. The zero-order valence-corrected chi connectivity index (χ0v) is 29.6. The number of allylic oxidation sites excluding steroid dienone is 1. The maximum Gasteiger partial charge on any atom is 0.432 e. The monoisotopic (exact) mass is 720 g/mol. The zero-order valence-electron chi connectivity index (χ0n) is 29.6. The first-order chi connectivity index (χ1) is 23.7. The fraction of sp³-hybridized carbons (Fsp3) is 0.711. The summed E-state index contributed by atoms with van der Waals surface area (Å²) in [4.78, 5) is 40.1. The fourth-order valence-electron chi connectivity index (χ4n) is 11.7. The molecule has 2 heterocycles. The van der Waals surface area contributed by atoms with Crippen LogP contribution in [0.4, 0.5) is 13.2 Å². The van der Waals surface area contributed by atoms with Crippen LogP contribution in [0.25, 0.3) is 0 Å². The molecule has 1 spiro atoms. The van der Waals surface area contributed by atoms with E-state index in [0.29, 0.717) is 19.3 Å². The van der Waals surface area contributed by atoms with Gasteiger partial charge in [0.25, 0.3) is 5.60 Å². The van der Waals surface area contributed by atoms with Crippen LogP contribution in [0.3, 0.4) is 0 Å². The first-order valence-corrected chi connectivity index (χ1v) is 17.8. The van der Waals surface area contributed by atoms with E-state index < -0.39 is 93.7 Å². The molecule has 4 aliphatic carbocycles. The van der Waals surface area contributed by atoms with Crippen LogP contribution >= 0.6 is 0 Å². The number of cyclic esters (lactones) is 1. The molecule has 16 atom stereocenters. The number of aliphatic hydroxyl groups excluding tert-OH is 2. The maximum absolute atomic E-state index is 14.8. The van der Waals surface area contributed by atoms with Gasteiger partial charge >= 0.3 is 18.1 Å². The summed E-state index contributed by atoms with van der Waals surface area (Å²) in [7, 11) is 0.798. The van der Waals surface area contributed by atoms with Crippen LogP contribution in [-0.2, 0) is 38.9 Å². The summed E-state index contributed by atoms with van der Waals surface area (Å²) < 4.78 is 66.8. The Balaban J connectivity index is 1.18. The third-order valence-corrected chi connectivity index (χ3v) is 14.5. The number of aliphatic hydroxyl groups is 3. The topological polar surface area (TPSA) is 152 Å². The van der Waals surface area contributed by atoms with E-state index in [1.165, 1.54) is 37.3 Å². The van der Waals surface area contributed by atoms with Crippen molar-refractivity contribution in [2.45, 2.75) is 114 Å². The van der Waals surface area contributed by atoms with Crippen molar-refractivity contribution in [3.63, 3.8) is 0 Å². The summed E-state index contributed by atoms with van der Waals surface area (Å²) in [6.45, 7) is 8.70. The minimum Gasteiger partial charge on any atom is -0.459 e. The standard InChI is InChI=1S/C38H47F3O10/c1-18-19(2)31(45)50-28(18)30(44)35(5,47)29-24(42)17-23-21-16-27-37(51-27)26(13-12-25(43)34(37,4)22(21)14-15-33(23,29)3)49-32(46)36(48-6,38(39,40)41)20-10-8-7-9-11-20/h7-13,18-19,21-24,26-30,42,44,47H,14-17H2,1-6H3/t18-,19-,21-,22+,23+,24+,26+,27-,28-,29+,30-,33+,34+,35-,36+,37-/m1/s1. The van der Waals surface area contributed by atoms with Gasteiger partial charge in [0.1, 0.15) is 17.8 Å². The van der Waals surface area contributed by atoms with E-state index in [2.05, 4.69) is 0 Å². The fourth-order valence-corrected chi connectivity index (χ4v) is 11.7. The van der Waals surface area contributed by atoms with Crippen LogP contribution < -0.4 is 0 Å². The molecule has 13 heteroatoms. The second-order valence-corrected chi connectivity index (χ2v) is 16.6. The molecule has 51 heavy (non-hydrogen) atoms. The van der Waals surface area contributed by atoms with Crippen molar-refractivity contribution in [2.75, 3.05) is 7.11 Å². The number of alkyl halides is 3. The number of rotatable bonds is 7. The van der Waals surface area contributed by atoms with Gasteiger partial charge in [-0.3, -0.25) is 9.59 Å². The molecule has 3 saturated carbocycles. The normalized spacial score (nSPS) is 45.6. The van der Waals surface area contributed by atoms with Gasteiger partial charge in [-0.25, -0.2) is 4.79 Å². The molecule has 280 valence electrons. The Morgan fingerprint density at radius 2 is 1.75 bits per heavy atom. The molecular formula is C38H47F3O10. The second-order valence-electron chi connectivity index (χ2n) is 16.6. The Kier molecular flexibility index (Phi) is 8.29. The molecule has 0 unspecified atom stereocenters. The molecule has 2 saturated heterocycles. The molecule has 1 aromatic rings. The summed E-state index contributed by atoms with van der Waals surface area (Å²) in [5.74, 6) is -4.80. The van der Waals surface area contributed by atoms with Gasteiger partial charge in [-0.1, -0.05) is 51.1 Å². The van der Waals surface area contributed by atoms with Crippen LogP contribution in [-0.4, -0.2) is 88.0 Å². The van der Waals surface area contributed by atoms with Gasteiger partial charge in [0.2, 0.25) is 0 Å². The smallest absolute Gasteiger partial charge is 0.432 e. The molecule has 1 aromatic carbocycles. The molecule has 0 amide bonds. The average molecular weight is 721 g/mol. The Labute approximate surface area is 294 Å². The van der Waals surface area contributed by atoms with Crippen molar-refractivity contribution in [3.8, 4) is 0 Å². The van der Waals surface area contributed by atoms with E-state index in [1.54, 1.807) is 20.8 Å². The predicted octanol–water partition coefficient (Wildman–Crippen LogP) is 4.03. The SMILES string of the molecule is CO[C@](C(=O)O[C@H]1C=CC(=O)[C@]2(C)[C@H]3CC[C@]4(C)[C@@H]([C@@](C)(O)[C@H](O)[C@@H]5OC(=O)[C@H](C)[C@H]5C)[C@@H](O)C[C@H]4[C@@H]3C[C@H]3O[C@]132)(c1ccccc1)C(F)(F)F. The van der Waals surface area contributed by atoms with Gasteiger partial charge in [0.05, 0.1) is 29.1 Å². The third kappa shape index (κ3) is 4.63. The molecule has 0 radical (unpaired) electrons. The number of halogens is 3. The van der Waals surface area contributed by atoms with Crippen LogP contribution in [0.2, 0.25) is 0 Å². The molecule has 0 bridgehead atoms. The number of esters is 2.